The van der Waals surface area contributed by atoms with Gasteiger partial charge in [0.1, 0.15) is 5.15 Å². The monoisotopic (exact) mass is 468 g/mol. The number of aromatic nitrogens is 1. The van der Waals surface area contributed by atoms with Crippen LogP contribution in [-0.2, 0) is 33.5 Å². The highest BCUT2D eigenvalue weighted by Gasteiger charge is 2.34. The Labute approximate surface area is 189 Å². The predicted molar refractivity (Wildman–Crippen MR) is 114 cm³/mol. The zero-order chi connectivity index (χ0) is 23.5. The molecule has 0 saturated heterocycles. The van der Waals surface area contributed by atoms with Crippen molar-refractivity contribution in [1.29, 1.82) is 0 Å². The van der Waals surface area contributed by atoms with E-state index in [2.05, 4.69) is 4.98 Å². The summed E-state index contributed by atoms with van der Waals surface area (Å²) in [6.45, 7) is 4.13. The van der Waals surface area contributed by atoms with Gasteiger partial charge in [-0.15, -0.1) is 0 Å². The maximum absolute atomic E-state index is 13.4. The molecule has 0 N–H and O–H groups in total. The zero-order valence-electron chi connectivity index (χ0n) is 17.8. The standard InChI is InChI=1S/C23H24ClF3N2O3/c1-3-29(22(31)14-5-6-14)13-17-10-18(23(25,26)27)7-8-19(17)16-9-15(21(24)28-12-16)11-20(30)32-4-2/h7-10,12,14H,3-6,11,13H2,1-2H3. The summed E-state index contributed by atoms with van der Waals surface area (Å²) in [5, 5.41) is 0.120. The molecule has 172 valence electrons. The quantitative estimate of drug-likeness (QED) is 0.390. The van der Waals surface area contributed by atoms with Gasteiger partial charge in [-0.3, -0.25) is 9.59 Å². The molecule has 2 aromatic rings. The van der Waals surface area contributed by atoms with Crippen LogP contribution in [0.25, 0.3) is 11.1 Å². The first kappa shape index (κ1) is 24.0. The van der Waals surface area contributed by atoms with Gasteiger partial charge in [0.25, 0.3) is 0 Å². The maximum Gasteiger partial charge on any atom is 0.416 e. The summed E-state index contributed by atoms with van der Waals surface area (Å²) in [4.78, 5) is 30.1. The fourth-order valence-corrected chi connectivity index (χ4v) is 3.62. The van der Waals surface area contributed by atoms with Crippen molar-refractivity contribution >= 4 is 23.5 Å². The molecule has 0 bridgehead atoms. The van der Waals surface area contributed by atoms with Crippen LogP contribution >= 0.6 is 11.6 Å². The van der Waals surface area contributed by atoms with Gasteiger partial charge in [0.05, 0.1) is 18.6 Å². The van der Waals surface area contributed by atoms with Gasteiger partial charge < -0.3 is 9.64 Å². The second kappa shape index (κ2) is 9.90. The molecule has 0 aliphatic heterocycles. The van der Waals surface area contributed by atoms with Crippen molar-refractivity contribution in [3.8, 4) is 11.1 Å². The van der Waals surface area contributed by atoms with Gasteiger partial charge in [0.2, 0.25) is 5.91 Å². The van der Waals surface area contributed by atoms with Crippen LogP contribution in [0.1, 0.15) is 43.4 Å². The third-order valence-corrected chi connectivity index (χ3v) is 5.62. The van der Waals surface area contributed by atoms with Crippen LogP contribution in [0.15, 0.2) is 30.5 Å². The lowest BCUT2D eigenvalue weighted by Gasteiger charge is -2.23. The van der Waals surface area contributed by atoms with Crippen LogP contribution in [0.4, 0.5) is 13.2 Å². The van der Waals surface area contributed by atoms with E-state index in [1.807, 2.05) is 0 Å². The molecule has 0 atom stereocenters. The first-order chi connectivity index (χ1) is 15.1. The molecule has 1 fully saturated rings. The highest BCUT2D eigenvalue weighted by Crippen LogP contribution is 2.36. The molecule has 5 nitrogen and oxygen atoms in total. The Morgan fingerprint density at radius 1 is 1.19 bits per heavy atom. The molecule has 1 saturated carbocycles. The van der Waals surface area contributed by atoms with E-state index in [1.165, 1.54) is 12.3 Å². The first-order valence-corrected chi connectivity index (χ1v) is 10.8. The van der Waals surface area contributed by atoms with Crippen molar-refractivity contribution in [1.82, 2.24) is 9.88 Å². The fraction of sp³-hybridized carbons (Fsp3) is 0.435. The molecule has 0 radical (unpaired) electrons. The van der Waals surface area contributed by atoms with Crippen LogP contribution < -0.4 is 0 Å². The summed E-state index contributed by atoms with van der Waals surface area (Å²) in [5.74, 6) is -0.571. The van der Waals surface area contributed by atoms with E-state index < -0.39 is 17.7 Å². The van der Waals surface area contributed by atoms with Gasteiger partial charge in [-0.2, -0.15) is 13.2 Å². The van der Waals surface area contributed by atoms with Crippen molar-refractivity contribution < 1.29 is 27.5 Å². The highest BCUT2D eigenvalue weighted by atomic mass is 35.5. The molecule has 1 aliphatic carbocycles. The lowest BCUT2D eigenvalue weighted by Crippen LogP contribution is -2.31. The molecule has 1 aliphatic rings. The smallest absolute Gasteiger partial charge is 0.416 e. The van der Waals surface area contributed by atoms with E-state index in [-0.39, 0.29) is 36.6 Å². The Morgan fingerprint density at radius 3 is 2.50 bits per heavy atom. The number of nitrogens with zero attached hydrogens (tertiary/aromatic N) is 2. The number of carbonyl (C=O) groups excluding carboxylic acids is 2. The highest BCUT2D eigenvalue weighted by molar-refractivity contribution is 6.30. The summed E-state index contributed by atoms with van der Waals surface area (Å²) in [6, 6.07) is 5.05. The predicted octanol–water partition coefficient (Wildman–Crippen LogP) is 5.28. The van der Waals surface area contributed by atoms with Gasteiger partial charge in [0.15, 0.2) is 0 Å². The number of rotatable bonds is 8. The molecule has 9 heteroatoms. The van der Waals surface area contributed by atoms with Crippen molar-refractivity contribution in [3.63, 3.8) is 0 Å². The Morgan fingerprint density at radius 2 is 1.91 bits per heavy atom. The average Bonchev–Trinajstić information content (AvgIpc) is 3.58. The first-order valence-electron chi connectivity index (χ1n) is 10.4. The molecular weight excluding hydrogens is 445 g/mol. The molecule has 3 rings (SSSR count). The topological polar surface area (TPSA) is 59.5 Å². The van der Waals surface area contributed by atoms with Crippen LogP contribution in [0.2, 0.25) is 5.15 Å². The number of amides is 1. The number of alkyl halides is 3. The minimum Gasteiger partial charge on any atom is -0.466 e. The Bertz CT molecular complexity index is 1010. The SMILES string of the molecule is CCOC(=O)Cc1cc(-c2ccc(C(F)(F)F)cc2CN(CC)C(=O)C2CC2)cnc1Cl. The van der Waals surface area contributed by atoms with E-state index in [1.54, 1.807) is 24.8 Å². The fourth-order valence-electron chi connectivity index (χ4n) is 3.45. The minimum absolute atomic E-state index is 0.0426. The Hall–Kier alpha value is -2.61. The lowest BCUT2D eigenvalue weighted by molar-refractivity contribution is -0.142. The van der Waals surface area contributed by atoms with E-state index in [0.717, 1.165) is 25.0 Å². The van der Waals surface area contributed by atoms with E-state index in [4.69, 9.17) is 16.3 Å². The number of carbonyl (C=O) groups is 2. The number of pyridine rings is 1. The van der Waals surface area contributed by atoms with Gasteiger partial charge in [-0.1, -0.05) is 17.7 Å². The number of halogens is 4. The normalized spacial score (nSPS) is 13.7. The number of hydrogen-bond acceptors (Lipinski definition) is 4. The van der Waals surface area contributed by atoms with Crippen molar-refractivity contribution in [2.75, 3.05) is 13.2 Å². The largest absolute Gasteiger partial charge is 0.466 e. The molecule has 1 aromatic carbocycles. The number of hydrogen-bond donors (Lipinski definition) is 0. The number of ether oxygens (including phenoxy) is 1. The summed E-state index contributed by atoms with van der Waals surface area (Å²) < 4.78 is 45.1. The van der Waals surface area contributed by atoms with Gasteiger partial charge in [-0.05, 0) is 56.0 Å². The van der Waals surface area contributed by atoms with Gasteiger partial charge >= 0.3 is 12.1 Å². The van der Waals surface area contributed by atoms with Crippen LogP contribution in [-0.4, -0.2) is 34.9 Å². The Balaban J connectivity index is 2.01. The summed E-state index contributed by atoms with van der Waals surface area (Å²) in [6.07, 6.45) is -1.56. The third kappa shape index (κ3) is 5.79. The Kier molecular flexibility index (Phi) is 7.44. The van der Waals surface area contributed by atoms with Crippen molar-refractivity contribution in [2.45, 2.75) is 45.8 Å². The second-order valence-electron chi connectivity index (χ2n) is 7.65. The summed E-state index contributed by atoms with van der Waals surface area (Å²) in [5.41, 5.74) is 0.971. The van der Waals surface area contributed by atoms with Crippen molar-refractivity contribution in [2.24, 2.45) is 5.92 Å². The van der Waals surface area contributed by atoms with Crippen LogP contribution in [0, 0.1) is 5.92 Å². The summed E-state index contributed by atoms with van der Waals surface area (Å²) in [7, 11) is 0. The average molecular weight is 469 g/mol. The van der Waals surface area contributed by atoms with Crippen molar-refractivity contribution in [3.05, 3.63) is 52.3 Å². The zero-order valence-corrected chi connectivity index (χ0v) is 18.6. The van der Waals surface area contributed by atoms with Gasteiger partial charge in [0, 0.05) is 36.3 Å². The number of benzene rings is 1. The number of esters is 1. The summed E-state index contributed by atoms with van der Waals surface area (Å²) >= 11 is 6.12. The molecular formula is C23H24ClF3N2O3. The maximum atomic E-state index is 13.4. The van der Waals surface area contributed by atoms with E-state index in [9.17, 15) is 22.8 Å². The molecule has 0 spiro atoms. The van der Waals surface area contributed by atoms with E-state index >= 15 is 0 Å². The molecule has 0 unspecified atom stereocenters. The van der Waals surface area contributed by atoms with Gasteiger partial charge in [-0.25, -0.2) is 4.98 Å². The molecule has 32 heavy (non-hydrogen) atoms. The minimum atomic E-state index is -4.52. The van der Waals surface area contributed by atoms with Crippen LogP contribution in [0.3, 0.4) is 0 Å². The molecule has 1 heterocycles. The second-order valence-corrected chi connectivity index (χ2v) is 8.01. The van der Waals surface area contributed by atoms with E-state index in [0.29, 0.717) is 28.8 Å². The lowest BCUT2D eigenvalue weighted by atomic mass is 9.96. The van der Waals surface area contributed by atoms with Crippen LogP contribution in [0.5, 0.6) is 0 Å². The molecule has 1 amide bonds. The third-order valence-electron chi connectivity index (χ3n) is 5.28. The molecule has 1 aromatic heterocycles.